The van der Waals surface area contributed by atoms with E-state index in [-0.39, 0.29) is 17.6 Å². The number of carbonyl (C=O) groups excluding carboxylic acids is 1. The second kappa shape index (κ2) is 9.92. The summed E-state index contributed by atoms with van der Waals surface area (Å²) < 4.78 is 15.1. The molecule has 0 saturated heterocycles. The van der Waals surface area contributed by atoms with E-state index in [9.17, 15) is 9.90 Å². The van der Waals surface area contributed by atoms with E-state index >= 15 is 4.39 Å². The Morgan fingerprint density at radius 2 is 1.85 bits per heavy atom. The summed E-state index contributed by atoms with van der Waals surface area (Å²) >= 11 is 0. The van der Waals surface area contributed by atoms with E-state index in [1.165, 1.54) is 32.1 Å². The maximum absolute atomic E-state index is 15.1. The Morgan fingerprint density at radius 1 is 1.03 bits per heavy atom. The average Bonchev–Trinajstić information content (AvgIpc) is 3.52. The molecule has 3 aliphatic rings. The van der Waals surface area contributed by atoms with Crippen LogP contribution < -0.4 is 5.32 Å². The first-order valence-electron chi connectivity index (χ1n) is 12.9. The zero-order valence-electron chi connectivity index (χ0n) is 19.9. The van der Waals surface area contributed by atoms with Crippen LogP contribution in [0.5, 0.6) is 0 Å². The van der Waals surface area contributed by atoms with E-state index in [0.29, 0.717) is 23.6 Å². The van der Waals surface area contributed by atoms with Gasteiger partial charge in [-0.05, 0) is 98.2 Å². The summed E-state index contributed by atoms with van der Waals surface area (Å²) in [5, 5.41) is 12.6. The van der Waals surface area contributed by atoms with Crippen molar-refractivity contribution in [3.63, 3.8) is 0 Å². The monoisotopic (exact) mass is 459 g/mol. The van der Waals surface area contributed by atoms with Gasteiger partial charge in [-0.3, -0.25) is 4.79 Å². The Bertz CT molecular complexity index is 1120. The number of ketones is 1. The van der Waals surface area contributed by atoms with Crippen LogP contribution >= 0.6 is 0 Å². The summed E-state index contributed by atoms with van der Waals surface area (Å²) in [6.07, 6.45) is 9.63. The Hall–Kier alpha value is -2.64. The van der Waals surface area contributed by atoms with Crippen LogP contribution in [0.1, 0.15) is 91.3 Å². The van der Waals surface area contributed by atoms with Crippen molar-refractivity contribution in [1.29, 1.82) is 0 Å². The van der Waals surface area contributed by atoms with Crippen LogP contribution in [0.3, 0.4) is 0 Å². The first-order valence-corrected chi connectivity index (χ1v) is 12.9. The Kier molecular flexibility index (Phi) is 6.75. The average molecular weight is 460 g/mol. The molecule has 2 N–H and O–H groups in total. The molecule has 0 bridgehead atoms. The van der Waals surface area contributed by atoms with Crippen molar-refractivity contribution in [2.75, 3.05) is 5.32 Å². The fourth-order valence-electron chi connectivity index (χ4n) is 6.37. The number of hydrogen-bond acceptors (Lipinski definition) is 3. The molecule has 34 heavy (non-hydrogen) atoms. The molecule has 0 amide bonds. The second-order valence-electron chi connectivity index (χ2n) is 10.5. The lowest BCUT2D eigenvalue weighted by Gasteiger charge is -2.25. The van der Waals surface area contributed by atoms with Crippen molar-refractivity contribution in [2.24, 2.45) is 11.8 Å². The van der Waals surface area contributed by atoms with E-state index in [4.69, 9.17) is 0 Å². The van der Waals surface area contributed by atoms with E-state index in [2.05, 4.69) is 17.2 Å². The standard InChI is InChI=1S/C30H34FNO2/c1-19(33)6-7-20-8-13-27-23(16-20)11-15-29(30(27)34)32-25-12-14-26(28(31)18-25)24-10-9-22(17-24)21-4-2-3-5-21/h8,12-14,16,18-19,21-22,24,29,32-33H,2-5,9-11,15,17H2,1H3. The molecule has 2 saturated carbocycles. The smallest absolute Gasteiger partial charge is 0.185 e. The minimum absolute atomic E-state index is 0.0379. The van der Waals surface area contributed by atoms with Gasteiger partial charge in [-0.25, -0.2) is 4.39 Å². The van der Waals surface area contributed by atoms with E-state index in [0.717, 1.165) is 47.8 Å². The number of rotatable bonds is 4. The molecule has 3 aliphatic carbocycles. The molecule has 4 atom stereocenters. The lowest BCUT2D eigenvalue weighted by Crippen LogP contribution is -2.34. The molecule has 2 aromatic rings. The molecule has 0 aliphatic heterocycles. The van der Waals surface area contributed by atoms with E-state index < -0.39 is 6.10 Å². The molecule has 0 radical (unpaired) electrons. The molecule has 4 unspecified atom stereocenters. The summed E-state index contributed by atoms with van der Waals surface area (Å²) in [5.41, 5.74) is 4.01. The van der Waals surface area contributed by atoms with E-state index in [1.54, 1.807) is 13.0 Å². The highest BCUT2D eigenvalue weighted by molar-refractivity contribution is 6.04. The molecule has 3 nitrogen and oxygen atoms in total. The highest BCUT2D eigenvalue weighted by Gasteiger charge is 2.34. The third-order valence-corrected chi connectivity index (χ3v) is 8.14. The zero-order chi connectivity index (χ0) is 23.7. The number of aliphatic hydroxyl groups excluding tert-OH is 1. The van der Waals surface area contributed by atoms with Crippen molar-refractivity contribution in [2.45, 2.75) is 82.8 Å². The van der Waals surface area contributed by atoms with Crippen LogP contribution in [0.15, 0.2) is 36.4 Å². The van der Waals surface area contributed by atoms with Crippen molar-refractivity contribution >= 4 is 11.5 Å². The summed E-state index contributed by atoms with van der Waals surface area (Å²) in [6.45, 7) is 1.63. The topological polar surface area (TPSA) is 49.3 Å². The molecule has 178 valence electrons. The molecule has 5 rings (SSSR count). The van der Waals surface area contributed by atoms with Gasteiger partial charge >= 0.3 is 0 Å². The summed E-state index contributed by atoms with van der Waals surface area (Å²) in [7, 11) is 0. The predicted molar refractivity (Wildman–Crippen MR) is 134 cm³/mol. The van der Waals surface area contributed by atoms with Crippen LogP contribution in [-0.2, 0) is 6.42 Å². The summed E-state index contributed by atoms with van der Waals surface area (Å²) in [6, 6.07) is 10.7. The van der Waals surface area contributed by atoms with Crippen molar-refractivity contribution < 1.29 is 14.3 Å². The van der Waals surface area contributed by atoms with Crippen molar-refractivity contribution in [3.8, 4) is 11.8 Å². The van der Waals surface area contributed by atoms with Crippen molar-refractivity contribution in [1.82, 2.24) is 0 Å². The van der Waals surface area contributed by atoms with Crippen LogP contribution in [-0.4, -0.2) is 23.0 Å². The van der Waals surface area contributed by atoms with Crippen LogP contribution in [0, 0.1) is 29.5 Å². The number of hydrogen-bond donors (Lipinski definition) is 2. The van der Waals surface area contributed by atoms with Gasteiger partial charge in [0.15, 0.2) is 5.78 Å². The van der Waals surface area contributed by atoms with Gasteiger partial charge in [0.1, 0.15) is 11.9 Å². The highest BCUT2D eigenvalue weighted by atomic mass is 19.1. The molecular weight excluding hydrogens is 425 g/mol. The number of halogens is 1. The third kappa shape index (κ3) is 4.91. The van der Waals surface area contributed by atoms with Crippen LogP contribution in [0.25, 0.3) is 0 Å². The summed E-state index contributed by atoms with van der Waals surface area (Å²) in [5.74, 6) is 7.53. The predicted octanol–water partition coefficient (Wildman–Crippen LogP) is 6.24. The van der Waals surface area contributed by atoms with Crippen LogP contribution in [0.2, 0.25) is 0 Å². The number of nitrogens with one attached hydrogen (secondary N) is 1. The van der Waals surface area contributed by atoms with Gasteiger partial charge in [-0.15, -0.1) is 0 Å². The SMILES string of the molecule is CC(O)C#Cc1ccc2c(c1)CCC(Nc1ccc(C3CCC(C4CCCC4)C3)c(F)c1)C2=O. The van der Waals surface area contributed by atoms with Gasteiger partial charge in [-0.2, -0.15) is 0 Å². The van der Waals surface area contributed by atoms with Gasteiger partial charge in [0.05, 0.1) is 6.04 Å². The minimum Gasteiger partial charge on any atom is -0.381 e. The number of anilines is 1. The minimum atomic E-state index is -0.680. The van der Waals surface area contributed by atoms with Gasteiger partial charge in [0, 0.05) is 16.8 Å². The lowest BCUT2D eigenvalue weighted by molar-refractivity contribution is 0.0957. The fourth-order valence-corrected chi connectivity index (χ4v) is 6.37. The van der Waals surface area contributed by atoms with Crippen molar-refractivity contribution in [3.05, 3.63) is 64.5 Å². The van der Waals surface area contributed by atoms with Gasteiger partial charge < -0.3 is 10.4 Å². The Morgan fingerprint density at radius 3 is 2.62 bits per heavy atom. The molecule has 2 fully saturated rings. The number of carbonyl (C=O) groups is 1. The van der Waals surface area contributed by atoms with Crippen LogP contribution in [0.4, 0.5) is 10.1 Å². The maximum Gasteiger partial charge on any atom is 0.185 e. The normalized spacial score (nSPS) is 25.5. The second-order valence-corrected chi connectivity index (χ2v) is 10.5. The molecule has 0 heterocycles. The van der Waals surface area contributed by atoms with Gasteiger partial charge in [-0.1, -0.05) is 43.6 Å². The largest absolute Gasteiger partial charge is 0.381 e. The Balaban J connectivity index is 1.24. The number of Topliss-reactive ketones (excluding diaryl/α,β-unsaturated/α-hetero) is 1. The number of aliphatic hydroxyl groups is 1. The third-order valence-electron chi connectivity index (χ3n) is 8.14. The molecule has 2 aromatic carbocycles. The lowest BCUT2D eigenvalue weighted by atomic mass is 9.86. The molecule has 0 spiro atoms. The van der Waals surface area contributed by atoms with Gasteiger partial charge in [0.2, 0.25) is 0 Å². The van der Waals surface area contributed by atoms with Gasteiger partial charge in [0.25, 0.3) is 0 Å². The molecule has 4 heteroatoms. The zero-order valence-corrected chi connectivity index (χ0v) is 19.9. The maximum atomic E-state index is 15.1. The fraction of sp³-hybridized carbons (Fsp3) is 0.500. The number of benzene rings is 2. The summed E-state index contributed by atoms with van der Waals surface area (Å²) in [4.78, 5) is 13.1. The first kappa shape index (κ1) is 23.1. The number of aryl methyl sites for hydroxylation is 1. The molecular formula is C30H34FNO2. The highest BCUT2D eigenvalue weighted by Crippen LogP contribution is 2.47. The molecule has 0 aromatic heterocycles. The quantitative estimate of drug-likeness (QED) is 0.532. The van der Waals surface area contributed by atoms with E-state index in [1.807, 2.05) is 30.3 Å². The number of fused-ring (bicyclic) bond motifs is 1. The first-order chi connectivity index (χ1) is 16.5. The Labute approximate surface area is 202 Å².